The van der Waals surface area contributed by atoms with Gasteiger partial charge in [-0.1, -0.05) is 87.0 Å². The Balaban J connectivity index is 1.73. The summed E-state index contributed by atoms with van der Waals surface area (Å²) in [6.07, 6.45) is 6.43. The smallest absolute Gasteiger partial charge is 0.159 e. The van der Waals surface area contributed by atoms with E-state index in [4.69, 9.17) is 10.1 Å². The van der Waals surface area contributed by atoms with Crippen LogP contribution in [0, 0.1) is 11.3 Å². The largest absolute Gasteiger partial charge is 0.254 e. The Morgan fingerprint density at radius 2 is 1.59 bits per heavy atom. The molecule has 146 valence electrons. The number of nitrogens with zero attached hydrogens (tertiary/aromatic N) is 3. The summed E-state index contributed by atoms with van der Waals surface area (Å²) in [4.78, 5) is 5.53. The van der Waals surface area contributed by atoms with Crippen LogP contribution in [0.1, 0.15) is 50.4 Å². The molecule has 1 saturated carbocycles. The van der Waals surface area contributed by atoms with E-state index in [1.807, 2.05) is 6.20 Å². The van der Waals surface area contributed by atoms with Gasteiger partial charge in [0, 0.05) is 23.2 Å². The first kappa shape index (κ1) is 18.1. The van der Waals surface area contributed by atoms with Crippen molar-refractivity contribution in [1.82, 2.24) is 9.78 Å². The van der Waals surface area contributed by atoms with Crippen LogP contribution in [-0.4, -0.2) is 15.5 Å². The summed E-state index contributed by atoms with van der Waals surface area (Å²) >= 11 is 0. The van der Waals surface area contributed by atoms with Gasteiger partial charge >= 0.3 is 0 Å². The van der Waals surface area contributed by atoms with E-state index >= 15 is 0 Å². The second-order valence-electron chi connectivity index (χ2n) is 9.18. The van der Waals surface area contributed by atoms with Crippen LogP contribution in [0.3, 0.4) is 0 Å². The van der Waals surface area contributed by atoms with Crippen molar-refractivity contribution < 1.29 is 0 Å². The van der Waals surface area contributed by atoms with Gasteiger partial charge in [-0.3, -0.25) is 4.99 Å². The predicted molar refractivity (Wildman–Crippen MR) is 119 cm³/mol. The molecule has 3 aromatic rings. The lowest BCUT2D eigenvalue weighted by Gasteiger charge is -2.53. The molecular formula is C26H27N3. The maximum absolute atomic E-state index is 5.53. The molecule has 2 aliphatic rings. The van der Waals surface area contributed by atoms with E-state index in [0.717, 1.165) is 35.4 Å². The lowest BCUT2D eigenvalue weighted by molar-refractivity contribution is 0.0472. The van der Waals surface area contributed by atoms with E-state index in [1.54, 1.807) is 0 Å². The van der Waals surface area contributed by atoms with Gasteiger partial charge < -0.3 is 0 Å². The Labute approximate surface area is 172 Å². The third kappa shape index (κ3) is 2.88. The average Bonchev–Trinajstić information content (AvgIpc) is 3.17. The highest BCUT2D eigenvalue weighted by molar-refractivity contribution is 6.13. The van der Waals surface area contributed by atoms with Crippen LogP contribution in [-0.2, 0) is 5.66 Å². The Kier molecular flexibility index (Phi) is 4.09. The van der Waals surface area contributed by atoms with Crippen molar-refractivity contribution in [1.29, 1.82) is 0 Å². The zero-order chi connectivity index (χ0) is 20.1. The summed E-state index contributed by atoms with van der Waals surface area (Å²) in [6, 6.07) is 23.2. The molecule has 0 saturated heterocycles. The van der Waals surface area contributed by atoms with Gasteiger partial charge in [0.15, 0.2) is 5.66 Å². The molecule has 0 N–H and O–H groups in total. The predicted octanol–water partition coefficient (Wildman–Crippen LogP) is 5.93. The number of aliphatic imine (C=N–C) groups is 1. The number of fused-ring (bicyclic) bond motifs is 3. The monoisotopic (exact) mass is 381 g/mol. The molecule has 2 atom stereocenters. The SMILES string of the molecule is CC(C)(C)C1=Cc2ccnn2C2(N=C(c3ccccc3)c3ccccc3)CCC12. The third-order valence-electron chi connectivity index (χ3n) is 6.34. The molecule has 29 heavy (non-hydrogen) atoms. The normalized spacial score (nSPS) is 22.7. The van der Waals surface area contributed by atoms with E-state index in [2.05, 4.69) is 98.3 Å². The van der Waals surface area contributed by atoms with Crippen LogP contribution in [0.15, 0.2) is 83.5 Å². The number of aromatic nitrogens is 2. The maximum atomic E-state index is 5.53. The summed E-state index contributed by atoms with van der Waals surface area (Å²) in [6.45, 7) is 6.94. The molecule has 1 aliphatic heterocycles. The molecule has 0 spiro atoms. The number of hydrogen-bond donors (Lipinski definition) is 0. The highest BCUT2D eigenvalue weighted by atomic mass is 15.4. The molecule has 3 nitrogen and oxygen atoms in total. The molecule has 5 rings (SSSR count). The fraction of sp³-hybridized carbons (Fsp3) is 0.308. The maximum Gasteiger partial charge on any atom is 0.159 e. The van der Waals surface area contributed by atoms with Gasteiger partial charge in [0.2, 0.25) is 0 Å². The molecule has 2 aromatic carbocycles. The van der Waals surface area contributed by atoms with Gasteiger partial charge in [-0.25, -0.2) is 4.68 Å². The van der Waals surface area contributed by atoms with Crippen molar-refractivity contribution in [3.05, 3.63) is 95.3 Å². The summed E-state index contributed by atoms with van der Waals surface area (Å²) < 4.78 is 2.17. The lowest BCUT2D eigenvalue weighted by atomic mass is 9.61. The minimum atomic E-state index is -0.336. The van der Waals surface area contributed by atoms with Crippen molar-refractivity contribution in [2.24, 2.45) is 16.3 Å². The van der Waals surface area contributed by atoms with E-state index < -0.39 is 0 Å². The second-order valence-corrected chi connectivity index (χ2v) is 9.18. The Morgan fingerprint density at radius 3 is 2.10 bits per heavy atom. The summed E-state index contributed by atoms with van der Waals surface area (Å²) in [7, 11) is 0. The summed E-state index contributed by atoms with van der Waals surface area (Å²) in [5, 5.41) is 4.73. The minimum Gasteiger partial charge on any atom is -0.254 e. The third-order valence-corrected chi connectivity index (χ3v) is 6.34. The number of benzene rings is 2. The topological polar surface area (TPSA) is 30.2 Å². The van der Waals surface area contributed by atoms with Crippen molar-refractivity contribution in [3.63, 3.8) is 0 Å². The molecule has 3 heteroatoms. The summed E-state index contributed by atoms with van der Waals surface area (Å²) in [5.41, 5.74) is 5.78. The zero-order valence-corrected chi connectivity index (χ0v) is 17.3. The second kappa shape index (κ2) is 6.55. The molecule has 1 fully saturated rings. The molecule has 2 heterocycles. The van der Waals surface area contributed by atoms with Crippen LogP contribution < -0.4 is 0 Å². The van der Waals surface area contributed by atoms with E-state index in [0.29, 0.717) is 5.92 Å². The number of rotatable bonds is 3. The fourth-order valence-electron chi connectivity index (χ4n) is 4.81. The van der Waals surface area contributed by atoms with Gasteiger partial charge in [-0.05, 0) is 30.4 Å². The molecule has 1 aliphatic carbocycles. The highest BCUT2D eigenvalue weighted by Crippen LogP contribution is 2.57. The first-order valence-corrected chi connectivity index (χ1v) is 10.5. The van der Waals surface area contributed by atoms with Gasteiger partial charge in [0.05, 0.1) is 11.4 Å². The molecule has 0 radical (unpaired) electrons. The van der Waals surface area contributed by atoms with Gasteiger partial charge in [-0.2, -0.15) is 5.10 Å². The molecule has 0 amide bonds. The quantitative estimate of drug-likeness (QED) is 0.517. The van der Waals surface area contributed by atoms with E-state index in [1.165, 1.54) is 5.57 Å². The Bertz CT molecular complexity index is 1040. The standard InChI is InChI=1S/C26H27N3/c1-25(2,3)23-18-21-15-17-27-29(21)26(16-14-22(23)26)28-24(19-10-6-4-7-11-19)20-12-8-5-9-13-20/h4-13,15,17-18,22H,14,16H2,1-3H3. The minimum absolute atomic E-state index is 0.112. The first-order chi connectivity index (χ1) is 14.0. The van der Waals surface area contributed by atoms with Crippen molar-refractivity contribution in [3.8, 4) is 0 Å². The average molecular weight is 382 g/mol. The molecule has 0 bridgehead atoms. The van der Waals surface area contributed by atoms with Crippen molar-refractivity contribution in [2.75, 3.05) is 0 Å². The zero-order valence-electron chi connectivity index (χ0n) is 17.3. The Hall–Kier alpha value is -2.94. The van der Waals surface area contributed by atoms with Crippen LogP contribution in [0.5, 0.6) is 0 Å². The summed E-state index contributed by atoms with van der Waals surface area (Å²) in [5.74, 6) is 0.386. The van der Waals surface area contributed by atoms with Crippen LogP contribution in [0.4, 0.5) is 0 Å². The van der Waals surface area contributed by atoms with E-state index in [9.17, 15) is 0 Å². The lowest BCUT2D eigenvalue weighted by Crippen LogP contribution is -2.53. The van der Waals surface area contributed by atoms with Crippen LogP contribution in [0.25, 0.3) is 6.08 Å². The highest BCUT2D eigenvalue weighted by Gasteiger charge is 2.55. The first-order valence-electron chi connectivity index (χ1n) is 10.5. The number of hydrogen-bond acceptors (Lipinski definition) is 2. The molecular weight excluding hydrogens is 354 g/mol. The molecule has 1 aromatic heterocycles. The van der Waals surface area contributed by atoms with Crippen LogP contribution in [0.2, 0.25) is 0 Å². The molecule has 2 unspecified atom stereocenters. The van der Waals surface area contributed by atoms with Gasteiger partial charge in [-0.15, -0.1) is 0 Å². The van der Waals surface area contributed by atoms with Crippen molar-refractivity contribution in [2.45, 2.75) is 39.3 Å². The van der Waals surface area contributed by atoms with Crippen LogP contribution >= 0.6 is 0 Å². The fourth-order valence-corrected chi connectivity index (χ4v) is 4.81. The van der Waals surface area contributed by atoms with Gasteiger partial charge in [0.1, 0.15) is 0 Å². The van der Waals surface area contributed by atoms with E-state index in [-0.39, 0.29) is 11.1 Å². The Morgan fingerprint density at radius 1 is 0.966 bits per heavy atom. The van der Waals surface area contributed by atoms with Gasteiger partial charge in [0.25, 0.3) is 0 Å². The van der Waals surface area contributed by atoms with Crippen molar-refractivity contribution >= 4 is 11.8 Å².